The number of hydrogen-bond acceptors (Lipinski definition) is 3. The summed E-state index contributed by atoms with van der Waals surface area (Å²) in [6, 6.07) is 3.20. The zero-order valence-corrected chi connectivity index (χ0v) is 11.4. The van der Waals surface area contributed by atoms with E-state index in [9.17, 15) is 4.79 Å². The van der Waals surface area contributed by atoms with Gasteiger partial charge in [0.2, 0.25) is 0 Å². The third-order valence-electron chi connectivity index (χ3n) is 2.61. The Morgan fingerprint density at radius 3 is 2.71 bits per heavy atom. The van der Waals surface area contributed by atoms with Crippen molar-refractivity contribution < 1.29 is 9.53 Å². The van der Waals surface area contributed by atoms with Crippen LogP contribution in [0.4, 0.5) is 0 Å². The van der Waals surface area contributed by atoms with Gasteiger partial charge in [-0.25, -0.2) is 0 Å². The molecule has 0 amide bonds. The Bertz CT molecular complexity index is 418. The molecular formula is C13H18ClNO2. The molecule has 3 nitrogen and oxygen atoms in total. The molecule has 0 saturated heterocycles. The number of carbonyl (C=O) groups is 1. The van der Waals surface area contributed by atoms with Gasteiger partial charge in [-0.3, -0.25) is 4.79 Å². The van der Waals surface area contributed by atoms with Crippen molar-refractivity contribution in [3.8, 4) is 5.75 Å². The molecule has 4 heteroatoms. The maximum Gasteiger partial charge on any atom is 0.183 e. The molecule has 1 aromatic rings. The number of methoxy groups -OCH3 is 1. The molecule has 1 aromatic carbocycles. The van der Waals surface area contributed by atoms with Crippen molar-refractivity contribution in [1.82, 2.24) is 5.32 Å². The highest BCUT2D eigenvalue weighted by Gasteiger charge is 2.20. The summed E-state index contributed by atoms with van der Waals surface area (Å²) in [7, 11) is 1.56. The summed E-state index contributed by atoms with van der Waals surface area (Å²) < 4.78 is 5.27. The Hall–Kier alpha value is -1.06. The van der Waals surface area contributed by atoms with Crippen LogP contribution in [0.1, 0.15) is 29.8 Å². The first kappa shape index (κ1) is 14.0. The van der Waals surface area contributed by atoms with Crippen molar-refractivity contribution in [1.29, 1.82) is 0 Å². The average Bonchev–Trinajstić information content (AvgIpc) is 2.27. The number of Topliss-reactive ketones (excluding diaryl/α,β-unsaturated/α-hetero) is 1. The highest BCUT2D eigenvalue weighted by atomic mass is 35.5. The van der Waals surface area contributed by atoms with E-state index >= 15 is 0 Å². The molecule has 1 unspecified atom stereocenters. The Labute approximate surface area is 107 Å². The van der Waals surface area contributed by atoms with Gasteiger partial charge in [0.1, 0.15) is 5.75 Å². The smallest absolute Gasteiger partial charge is 0.183 e. The van der Waals surface area contributed by atoms with Crippen LogP contribution < -0.4 is 10.1 Å². The first-order valence-corrected chi connectivity index (χ1v) is 6.00. The summed E-state index contributed by atoms with van der Waals surface area (Å²) in [6.07, 6.45) is 0. The summed E-state index contributed by atoms with van der Waals surface area (Å²) in [5.74, 6) is 0.596. The lowest BCUT2D eigenvalue weighted by Crippen LogP contribution is -2.34. The number of likely N-dealkylation sites (N-methyl/N-ethyl adjacent to an activating group) is 1. The second-order valence-electron chi connectivity index (χ2n) is 3.95. The fourth-order valence-corrected chi connectivity index (χ4v) is 2.09. The summed E-state index contributed by atoms with van der Waals surface area (Å²) >= 11 is 5.98. The fraction of sp³-hybridized carbons (Fsp3) is 0.462. The molecule has 17 heavy (non-hydrogen) atoms. The summed E-state index contributed by atoms with van der Waals surface area (Å²) in [5.41, 5.74) is 1.40. The lowest BCUT2D eigenvalue weighted by molar-refractivity contribution is 0.0949. The van der Waals surface area contributed by atoms with E-state index in [2.05, 4.69) is 5.32 Å². The van der Waals surface area contributed by atoms with Crippen LogP contribution >= 0.6 is 11.6 Å². The van der Waals surface area contributed by atoms with Crippen molar-refractivity contribution >= 4 is 17.4 Å². The number of benzene rings is 1. The summed E-state index contributed by atoms with van der Waals surface area (Å²) in [4.78, 5) is 12.2. The van der Waals surface area contributed by atoms with Gasteiger partial charge in [0.25, 0.3) is 0 Å². The molecule has 1 N–H and O–H groups in total. The highest BCUT2D eigenvalue weighted by molar-refractivity contribution is 6.31. The van der Waals surface area contributed by atoms with Gasteiger partial charge < -0.3 is 10.1 Å². The van der Waals surface area contributed by atoms with E-state index in [0.29, 0.717) is 16.3 Å². The zero-order chi connectivity index (χ0) is 13.0. The Kier molecular flexibility index (Phi) is 4.97. The minimum Gasteiger partial charge on any atom is -0.496 e. The lowest BCUT2D eigenvalue weighted by atomic mass is 10.0. The van der Waals surface area contributed by atoms with Gasteiger partial charge in [-0.15, -0.1) is 0 Å². The quantitative estimate of drug-likeness (QED) is 0.823. The third-order valence-corrected chi connectivity index (χ3v) is 2.83. The van der Waals surface area contributed by atoms with E-state index in [0.717, 1.165) is 12.1 Å². The molecule has 0 aliphatic carbocycles. The number of carbonyl (C=O) groups excluding carboxylic acids is 1. The van der Waals surface area contributed by atoms with E-state index in [-0.39, 0.29) is 11.8 Å². The molecule has 1 rings (SSSR count). The van der Waals surface area contributed by atoms with Crippen molar-refractivity contribution in [2.24, 2.45) is 0 Å². The number of ketones is 1. The van der Waals surface area contributed by atoms with E-state index in [1.807, 2.05) is 20.8 Å². The molecule has 0 aliphatic heterocycles. The highest BCUT2D eigenvalue weighted by Crippen LogP contribution is 2.28. The van der Waals surface area contributed by atoms with E-state index in [1.54, 1.807) is 19.2 Å². The van der Waals surface area contributed by atoms with E-state index in [1.165, 1.54) is 0 Å². The number of nitrogens with one attached hydrogen (secondary N) is 1. The largest absolute Gasteiger partial charge is 0.496 e. The first-order chi connectivity index (χ1) is 8.01. The molecule has 94 valence electrons. The molecule has 1 atom stereocenters. The Morgan fingerprint density at radius 2 is 2.18 bits per heavy atom. The van der Waals surface area contributed by atoms with E-state index < -0.39 is 0 Å². The molecule has 0 bridgehead atoms. The maximum absolute atomic E-state index is 12.2. The topological polar surface area (TPSA) is 38.3 Å². The second-order valence-corrected chi connectivity index (χ2v) is 4.38. The Morgan fingerprint density at radius 1 is 1.53 bits per heavy atom. The minimum absolute atomic E-state index is 0.00528. The van der Waals surface area contributed by atoms with Gasteiger partial charge in [-0.05, 0) is 38.1 Å². The maximum atomic E-state index is 12.2. The van der Waals surface area contributed by atoms with Crippen LogP contribution in [0.15, 0.2) is 12.1 Å². The van der Waals surface area contributed by atoms with Crippen molar-refractivity contribution in [3.63, 3.8) is 0 Å². The Balaban J connectivity index is 3.16. The third kappa shape index (κ3) is 3.20. The molecular weight excluding hydrogens is 238 g/mol. The predicted octanol–water partition coefficient (Wildman–Crippen LogP) is 2.84. The molecule has 0 spiro atoms. The number of aryl methyl sites for hydroxylation is 1. The van der Waals surface area contributed by atoms with Gasteiger partial charge >= 0.3 is 0 Å². The first-order valence-electron chi connectivity index (χ1n) is 5.63. The van der Waals surface area contributed by atoms with Gasteiger partial charge in [-0.2, -0.15) is 0 Å². The zero-order valence-electron chi connectivity index (χ0n) is 10.6. The van der Waals surface area contributed by atoms with Crippen LogP contribution in [0.25, 0.3) is 0 Å². The lowest BCUT2D eigenvalue weighted by Gasteiger charge is -2.15. The van der Waals surface area contributed by atoms with Crippen LogP contribution in [0, 0.1) is 6.92 Å². The summed E-state index contributed by atoms with van der Waals surface area (Å²) in [5, 5.41) is 3.64. The normalized spacial score (nSPS) is 12.3. The van der Waals surface area contributed by atoms with Crippen LogP contribution in [0.3, 0.4) is 0 Å². The molecule has 0 aliphatic rings. The SMILES string of the molecule is CCNC(C)C(=O)c1cc(Cl)cc(C)c1OC. The van der Waals surface area contributed by atoms with Crippen LogP contribution in [-0.4, -0.2) is 25.5 Å². The van der Waals surface area contributed by atoms with Gasteiger partial charge in [0.15, 0.2) is 5.78 Å². The fourth-order valence-electron chi connectivity index (χ4n) is 1.82. The number of rotatable bonds is 5. The van der Waals surface area contributed by atoms with Gasteiger partial charge in [0.05, 0.1) is 18.7 Å². The van der Waals surface area contributed by atoms with Crippen LogP contribution in [-0.2, 0) is 0 Å². The van der Waals surface area contributed by atoms with Crippen molar-refractivity contribution in [2.45, 2.75) is 26.8 Å². The van der Waals surface area contributed by atoms with Crippen LogP contribution in [0.2, 0.25) is 5.02 Å². The van der Waals surface area contributed by atoms with Crippen molar-refractivity contribution in [2.75, 3.05) is 13.7 Å². The number of ether oxygens (including phenoxy) is 1. The molecule has 0 saturated carbocycles. The van der Waals surface area contributed by atoms with Gasteiger partial charge in [-0.1, -0.05) is 18.5 Å². The average molecular weight is 256 g/mol. The van der Waals surface area contributed by atoms with Crippen molar-refractivity contribution in [3.05, 3.63) is 28.3 Å². The minimum atomic E-state index is -0.244. The standard InChI is InChI=1S/C13H18ClNO2/c1-5-15-9(3)12(16)11-7-10(14)6-8(2)13(11)17-4/h6-7,9,15H,5H2,1-4H3. The molecule has 0 heterocycles. The van der Waals surface area contributed by atoms with E-state index in [4.69, 9.17) is 16.3 Å². The molecule has 0 radical (unpaired) electrons. The van der Waals surface area contributed by atoms with Crippen LogP contribution in [0.5, 0.6) is 5.75 Å². The number of halogens is 1. The second kappa shape index (κ2) is 6.03. The monoisotopic (exact) mass is 255 g/mol. The molecule has 0 aromatic heterocycles. The van der Waals surface area contributed by atoms with Gasteiger partial charge in [0, 0.05) is 5.02 Å². The molecule has 0 fully saturated rings. The predicted molar refractivity (Wildman–Crippen MR) is 70.2 cm³/mol. The summed E-state index contributed by atoms with van der Waals surface area (Å²) in [6.45, 7) is 6.42. The number of hydrogen-bond donors (Lipinski definition) is 1.